The number of aromatic nitrogens is 4. The van der Waals surface area contributed by atoms with Gasteiger partial charge in [-0.15, -0.1) is 5.10 Å². The molecule has 0 spiro atoms. The van der Waals surface area contributed by atoms with Gasteiger partial charge in [-0.1, -0.05) is 30.3 Å². The van der Waals surface area contributed by atoms with Crippen LogP contribution in [0.5, 0.6) is 0 Å². The van der Waals surface area contributed by atoms with E-state index in [2.05, 4.69) is 15.5 Å². The fourth-order valence-corrected chi connectivity index (χ4v) is 4.33. The maximum absolute atomic E-state index is 14.5. The molecule has 36 heavy (non-hydrogen) atoms. The highest BCUT2D eigenvalue weighted by atomic mass is 19.2. The number of aryl methyl sites for hydroxylation is 1. The van der Waals surface area contributed by atoms with Crippen LogP contribution in [0.15, 0.2) is 28.9 Å². The highest BCUT2D eigenvalue weighted by Crippen LogP contribution is 2.35. The molecule has 0 saturated carbocycles. The minimum absolute atomic E-state index is 0.0724. The van der Waals surface area contributed by atoms with Gasteiger partial charge in [0, 0.05) is 30.6 Å². The fourth-order valence-electron chi connectivity index (χ4n) is 4.33. The minimum Gasteiger partial charge on any atom is -0.395 e. The third kappa shape index (κ3) is 4.78. The zero-order valence-corrected chi connectivity index (χ0v) is 20.4. The Morgan fingerprint density at radius 1 is 1.17 bits per heavy atom. The van der Waals surface area contributed by atoms with Crippen LogP contribution in [0.4, 0.5) is 8.78 Å². The van der Waals surface area contributed by atoms with Crippen molar-refractivity contribution in [2.75, 3.05) is 20.3 Å². The van der Waals surface area contributed by atoms with Gasteiger partial charge in [-0.2, -0.15) is 0 Å². The topological polar surface area (TPSA) is 136 Å². The zero-order valence-electron chi connectivity index (χ0n) is 20.4. The van der Waals surface area contributed by atoms with Gasteiger partial charge < -0.3 is 29.3 Å². The van der Waals surface area contributed by atoms with E-state index in [1.165, 1.54) is 37.0 Å². The average molecular weight is 509 g/mol. The highest BCUT2D eigenvalue weighted by molar-refractivity contribution is 5.59. The van der Waals surface area contributed by atoms with E-state index in [0.717, 1.165) is 0 Å². The van der Waals surface area contributed by atoms with Crippen molar-refractivity contribution in [2.45, 2.75) is 63.1 Å². The van der Waals surface area contributed by atoms with Crippen LogP contribution in [0, 0.1) is 18.6 Å². The van der Waals surface area contributed by atoms with E-state index in [1.54, 1.807) is 6.07 Å². The normalized spacial score (nSPS) is 24.9. The van der Waals surface area contributed by atoms with Crippen LogP contribution < -0.4 is 0 Å². The average Bonchev–Trinajstić information content (AvgIpc) is 3.53. The molecule has 1 aromatic carbocycles. The molecular formula is C24H30F2N4O6. The monoisotopic (exact) mass is 508 g/mol. The molecule has 196 valence electrons. The maximum Gasteiger partial charge on any atom is 0.168 e. The molecule has 1 saturated heterocycles. The van der Waals surface area contributed by atoms with E-state index >= 15 is 0 Å². The predicted molar refractivity (Wildman–Crippen MR) is 122 cm³/mol. The van der Waals surface area contributed by atoms with Crippen molar-refractivity contribution in [3.05, 3.63) is 53.0 Å². The smallest absolute Gasteiger partial charge is 0.168 e. The predicted octanol–water partition coefficient (Wildman–Crippen LogP) is 1.71. The van der Waals surface area contributed by atoms with Crippen LogP contribution in [-0.4, -0.2) is 80.2 Å². The largest absolute Gasteiger partial charge is 0.395 e. The Hall–Kier alpha value is -2.77. The van der Waals surface area contributed by atoms with Crippen molar-refractivity contribution in [3.63, 3.8) is 0 Å². The first-order valence-corrected chi connectivity index (χ1v) is 11.5. The molecule has 4 rings (SSSR count). The van der Waals surface area contributed by atoms with Crippen molar-refractivity contribution >= 4 is 0 Å². The number of methoxy groups -OCH3 is 1. The summed E-state index contributed by atoms with van der Waals surface area (Å²) in [7, 11) is 1.44. The molecule has 5 atom stereocenters. The summed E-state index contributed by atoms with van der Waals surface area (Å²) in [6, 6.07) is 3.69. The van der Waals surface area contributed by atoms with Crippen LogP contribution in [0.25, 0.3) is 11.3 Å². The Balaban J connectivity index is 1.65. The van der Waals surface area contributed by atoms with Crippen LogP contribution in [0.2, 0.25) is 0 Å². The molecule has 12 heteroatoms. The first kappa shape index (κ1) is 26.3. The molecule has 1 aliphatic rings. The summed E-state index contributed by atoms with van der Waals surface area (Å²) in [5.41, 5.74) is 0.117. The van der Waals surface area contributed by atoms with Gasteiger partial charge in [0.05, 0.1) is 31.2 Å². The molecule has 1 fully saturated rings. The number of benzene rings is 1. The van der Waals surface area contributed by atoms with Crippen molar-refractivity contribution in [3.8, 4) is 11.3 Å². The molecule has 3 N–H and O–H groups in total. The van der Waals surface area contributed by atoms with Gasteiger partial charge in [-0.3, -0.25) is 0 Å². The van der Waals surface area contributed by atoms with E-state index in [9.17, 15) is 24.1 Å². The Bertz CT molecular complexity index is 1200. The van der Waals surface area contributed by atoms with Crippen molar-refractivity contribution in [1.82, 2.24) is 20.2 Å². The summed E-state index contributed by atoms with van der Waals surface area (Å²) in [5.74, 6) is -1.56. The highest BCUT2D eigenvalue weighted by Gasteiger charge is 2.47. The number of aliphatic hydroxyl groups is 3. The number of halogens is 2. The lowest BCUT2D eigenvalue weighted by atomic mass is 9.88. The third-order valence-electron chi connectivity index (χ3n) is 6.65. The lowest BCUT2D eigenvalue weighted by Gasteiger charge is -2.43. The van der Waals surface area contributed by atoms with Gasteiger partial charge in [-0.05, 0) is 18.6 Å². The van der Waals surface area contributed by atoms with Crippen LogP contribution >= 0.6 is 0 Å². The summed E-state index contributed by atoms with van der Waals surface area (Å²) < 4.78 is 47.0. The van der Waals surface area contributed by atoms with Gasteiger partial charge in [0.15, 0.2) is 11.6 Å². The van der Waals surface area contributed by atoms with E-state index < -0.39 is 54.1 Å². The van der Waals surface area contributed by atoms with E-state index in [0.29, 0.717) is 11.5 Å². The zero-order chi connectivity index (χ0) is 26.2. The van der Waals surface area contributed by atoms with Crippen LogP contribution in [0.1, 0.15) is 36.9 Å². The molecule has 10 nitrogen and oxygen atoms in total. The summed E-state index contributed by atoms with van der Waals surface area (Å²) >= 11 is 0. The fraction of sp³-hybridized carbons (Fsp3) is 0.542. The molecule has 3 heterocycles. The Morgan fingerprint density at radius 2 is 1.92 bits per heavy atom. The SMILES string of the molecule is CO[C@@H]1[C@@H](n2cc(-c3ccc(C)c(F)c3F)nn2)[C@@H](O)[C@@H](CO)O[C@@H]1Cc1cc(C(C)(C)CO)no1. The maximum atomic E-state index is 14.5. The Labute approximate surface area is 206 Å². The Morgan fingerprint density at radius 3 is 2.58 bits per heavy atom. The minimum atomic E-state index is -1.25. The summed E-state index contributed by atoms with van der Waals surface area (Å²) in [6.07, 6.45) is -2.13. The second-order valence-corrected chi connectivity index (χ2v) is 9.64. The van der Waals surface area contributed by atoms with E-state index in [1.807, 2.05) is 13.8 Å². The van der Waals surface area contributed by atoms with Crippen molar-refractivity contribution in [1.29, 1.82) is 0 Å². The number of rotatable bonds is 8. The van der Waals surface area contributed by atoms with Crippen LogP contribution in [0.3, 0.4) is 0 Å². The Kier molecular flexibility index (Phi) is 7.53. The quantitative estimate of drug-likeness (QED) is 0.415. The van der Waals surface area contributed by atoms with Gasteiger partial charge in [-0.25, -0.2) is 13.5 Å². The lowest BCUT2D eigenvalue weighted by Crippen LogP contribution is -2.57. The standard InChI is InChI=1S/C24H30F2N4O6/c1-12-5-6-14(20(26)19(12)25)15-9-30(29-27-15)21-22(33)17(10-31)35-16(23(21)34-4)7-13-8-18(28-36-13)24(2,3)11-32/h5-6,8-9,16-17,21-23,31-33H,7,10-11H2,1-4H3/t16-,17-,21+,22+,23+/m1/s1. The molecule has 0 radical (unpaired) electrons. The first-order chi connectivity index (χ1) is 17.1. The van der Waals surface area contributed by atoms with Gasteiger partial charge in [0.1, 0.15) is 35.8 Å². The summed E-state index contributed by atoms with van der Waals surface area (Å²) in [4.78, 5) is 0. The number of nitrogens with zero attached hydrogens (tertiary/aromatic N) is 4. The molecule has 0 bridgehead atoms. The molecule has 3 aromatic rings. The van der Waals surface area contributed by atoms with Gasteiger partial charge in [0.25, 0.3) is 0 Å². The molecule has 0 aliphatic carbocycles. The molecule has 0 unspecified atom stereocenters. The van der Waals surface area contributed by atoms with E-state index in [-0.39, 0.29) is 29.8 Å². The lowest BCUT2D eigenvalue weighted by molar-refractivity contribution is -0.212. The third-order valence-corrected chi connectivity index (χ3v) is 6.65. The van der Waals surface area contributed by atoms with Gasteiger partial charge >= 0.3 is 0 Å². The molecule has 0 amide bonds. The summed E-state index contributed by atoms with van der Waals surface area (Å²) in [5, 5.41) is 42.5. The van der Waals surface area contributed by atoms with Crippen molar-refractivity contribution < 1.29 is 38.1 Å². The molecular weight excluding hydrogens is 478 g/mol. The second kappa shape index (κ2) is 10.3. The first-order valence-electron chi connectivity index (χ1n) is 11.5. The van der Waals surface area contributed by atoms with Crippen molar-refractivity contribution in [2.24, 2.45) is 0 Å². The van der Waals surface area contributed by atoms with Crippen LogP contribution in [-0.2, 0) is 21.3 Å². The molecule has 2 aromatic heterocycles. The number of hydrogen-bond acceptors (Lipinski definition) is 9. The number of ether oxygens (including phenoxy) is 2. The van der Waals surface area contributed by atoms with E-state index in [4.69, 9.17) is 14.0 Å². The van der Waals surface area contributed by atoms with Gasteiger partial charge in [0.2, 0.25) is 0 Å². The summed E-state index contributed by atoms with van der Waals surface area (Å²) in [6.45, 7) is 4.49. The second-order valence-electron chi connectivity index (χ2n) is 9.64. The molecule has 1 aliphatic heterocycles. The number of aliphatic hydroxyl groups excluding tert-OH is 3. The number of hydrogen-bond donors (Lipinski definition) is 3.